The zero-order valence-corrected chi connectivity index (χ0v) is 11.2. The molecule has 3 N–H and O–H groups in total. The number of aromatic amines is 1. The average molecular weight is 297 g/mol. The summed E-state index contributed by atoms with van der Waals surface area (Å²) in [5, 5.41) is 6.49. The van der Waals surface area contributed by atoms with E-state index in [-0.39, 0.29) is 22.4 Å². The maximum absolute atomic E-state index is 11.9. The smallest absolute Gasteiger partial charge is 0.362 e. The molecule has 0 amide bonds. The number of ketones is 1. The number of nitrogen functional groups attached to an aromatic ring is 1. The number of hydrogen-bond acceptors (Lipinski definition) is 6. The molecule has 2 rings (SSSR count). The largest absolute Gasteiger partial charge is 0.380 e. The molecule has 98 valence electrons. The van der Waals surface area contributed by atoms with Gasteiger partial charge in [0.05, 0.1) is 5.75 Å². The van der Waals surface area contributed by atoms with Crippen molar-refractivity contribution < 1.29 is 4.79 Å². The third-order valence-electron chi connectivity index (χ3n) is 2.20. The first-order chi connectivity index (χ1) is 9.06. The lowest BCUT2D eigenvalue weighted by atomic mass is 10.1. The standard InChI is InChI=1S/C11H9ClN4O2S/c12-7-3-1-6(2-4-7)8(17)5-19-10-9(13)15-16-11(18)14-10/h1-4H,5H2,(H2,13,15)(H,14,16,18). The fraction of sp³-hybridized carbons (Fsp3) is 0.0909. The molecule has 0 radical (unpaired) electrons. The Hall–Kier alpha value is -1.86. The van der Waals surface area contributed by atoms with Crippen LogP contribution in [0.4, 0.5) is 5.82 Å². The molecule has 6 nitrogen and oxygen atoms in total. The van der Waals surface area contributed by atoms with Crippen LogP contribution in [0.1, 0.15) is 10.4 Å². The van der Waals surface area contributed by atoms with E-state index in [9.17, 15) is 9.59 Å². The number of nitrogens with zero attached hydrogens (tertiary/aromatic N) is 2. The lowest BCUT2D eigenvalue weighted by molar-refractivity contribution is 0.102. The van der Waals surface area contributed by atoms with Crippen LogP contribution in [0.3, 0.4) is 0 Å². The highest BCUT2D eigenvalue weighted by Gasteiger charge is 2.10. The van der Waals surface area contributed by atoms with E-state index in [1.54, 1.807) is 24.3 Å². The van der Waals surface area contributed by atoms with Gasteiger partial charge in [0.2, 0.25) is 0 Å². The Labute approximate surface area is 117 Å². The molecule has 19 heavy (non-hydrogen) atoms. The van der Waals surface area contributed by atoms with E-state index < -0.39 is 5.69 Å². The van der Waals surface area contributed by atoms with Gasteiger partial charge in [-0.1, -0.05) is 23.4 Å². The predicted octanol–water partition coefficient (Wildman–Crippen LogP) is 1.38. The first kappa shape index (κ1) is 13.6. The number of nitrogens with one attached hydrogen (secondary N) is 1. The molecule has 0 fully saturated rings. The molecule has 0 saturated carbocycles. The fourth-order valence-corrected chi connectivity index (χ4v) is 2.19. The normalized spacial score (nSPS) is 10.4. The molecule has 1 aromatic heterocycles. The van der Waals surface area contributed by atoms with Crippen LogP contribution in [0.2, 0.25) is 5.02 Å². The molecule has 1 heterocycles. The number of carbonyl (C=O) groups is 1. The molecule has 0 aliphatic heterocycles. The minimum absolute atomic E-state index is 0.0912. The molecule has 0 unspecified atom stereocenters. The van der Waals surface area contributed by atoms with Crippen LogP contribution in [0.5, 0.6) is 0 Å². The van der Waals surface area contributed by atoms with Gasteiger partial charge >= 0.3 is 5.69 Å². The van der Waals surface area contributed by atoms with Gasteiger partial charge in [0.15, 0.2) is 11.6 Å². The number of Topliss-reactive ketones (excluding diaryl/α,β-unsaturated/α-hetero) is 1. The summed E-state index contributed by atoms with van der Waals surface area (Å²) < 4.78 is 0. The third-order valence-corrected chi connectivity index (χ3v) is 3.43. The van der Waals surface area contributed by atoms with Gasteiger partial charge in [-0.15, -0.1) is 0 Å². The lowest BCUT2D eigenvalue weighted by Gasteiger charge is -2.02. The molecule has 0 aliphatic carbocycles. The van der Waals surface area contributed by atoms with E-state index in [1.165, 1.54) is 0 Å². The molecule has 1 aromatic carbocycles. The zero-order valence-electron chi connectivity index (χ0n) is 9.59. The first-order valence-electron chi connectivity index (χ1n) is 5.20. The number of rotatable bonds is 4. The van der Waals surface area contributed by atoms with E-state index in [2.05, 4.69) is 15.2 Å². The Morgan fingerprint density at radius 2 is 2.05 bits per heavy atom. The van der Waals surface area contributed by atoms with Crippen LogP contribution < -0.4 is 11.4 Å². The van der Waals surface area contributed by atoms with Crippen LogP contribution in [0.15, 0.2) is 34.1 Å². The van der Waals surface area contributed by atoms with Gasteiger partial charge in [0, 0.05) is 10.6 Å². The van der Waals surface area contributed by atoms with Gasteiger partial charge in [-0.05, 0) is 24.3 Å². The second kappa shape index (κ2) is 5.85. The molecule has 0 saturated heterocycles. The summed E-state index contributed by atoms with van der Waals surface area (Å²) in [6.07, 6.45) is 0. The SMILES string of the molecule is Nc1n[nH]c(=O)nc1SCC(=O)c1ccc(Cl)cc1. The highest BCUT2D eigenvalue weighted by molar-refractivity contribution is 8.00. The van der Waals surface area contributed by atoms with E-state index >= 15 is 0 Å². The summed E-state index contributed by atoms with van der Waals surface area (Å²) in [5.41, 5.74) is 5.48. The number of nitrogens with two attached hydrogens (primary N) is 1. The summed E-state index contributed by atoms with van der Waals surface area (Å²) in [5.74, 6) is 0.0981. The quantitative estimate of drug-likeness (QED) is 0.653. The summed E-state index contributed by atoms with van der Waals surface area (Å²) in [4.78, 5) is 26.5. The summed E-state index contributed by atoms with van der Waals surface area (Å²) in [7, 11) is 0. The third kappa shape index (κ3) is 3.55. The van der Waals surface area contributed by atoms with Crippen LogP contribution in [-0.2, 0) is 0 Å². The van der Waals surface area contributed by atoms with Crippen molar-refractivity contribution in [1.82, 2.24) is 15.2 Å². The van der Waals surface area contributed by atoms with Gasteiger partial charge in [0.1, 0.15) is 5.03 Å². The maximum Gasteiger partial charge on any atom is 0.362 e. The van der Waals surface area contributed by atoms with Crippen molar-refractivity contribution in [2.45, 2.75) is 5.03 Å². The number of halogens is 1. The average Bonchev–Trinajstić information content (AvgIpc) is 2.40. The van der Waals surface area contributed by atoms with Gasteiger partial charge in [0.25, 0.3) is 0 Å². The Morgan fingerprint density at radius 3 is 2.74 bits per heavy atom. The molecular formula is C11H9ClN4O2S. The molecule has 0 bridgehead atoms. The highest BCUT2D eigenvalue weighted by atomic mass is 35.5. The predicted molar refractivity (Wildman–Crippen MR) is 73.6 cm³/mol. The number of hydrogen-bond donors (Lipinski definition) is 2. The molecule has 0 aliphatic rings. The Bertz CT molecular complexity index is 656. The lowest BCUT2D eigenvalue weighted by Crippen LogP contribution is -2.15. The summed E-state index contributed by atoms with van der Waals surface area (Å²) >= 11 is 6.81. The number of H-pyrrole nitrogens is 1. The summed E-state index contributed by atoms with van der Waals surface area (Å²) in [6.45, 7) is 0. The fourth-order valence-electron chi connectivity index (χ4n) is 1.29. The van der Waals surface area contributed by atoms with Crippen LogP contribution in [-0.4, -0.2) is 26.7 Å². The number of benzene rings is 1. The Balaban J connectivity index is 2.06. The maximum atomic E-state index is 11.9. The van der Waals surface area contributed by atoms with Crippen LogP contribution in [0, 0.1) is 0 Å². The van der Waals surface area contributed by atoms with Crippen molar-refractivity contribution in [1.29, 1.82) is 0 Å². The second-order valence-corrected chi connectivity index (χ2v) is 4.95. The molecule has 0 spiro atoms. The zero-order chi connectivity index (χ0) is 13.8. The number of thioether (sulfide) groups is 1. The highest BCUT2D eigenvalue weighted by Crippen LogP contribution is 2.20. The molecule has 2 aromatic rings. The second-order valence-electron chi connectivity index (χ2n) is 3.55. The van der Waals surface area contributed by atoms with Gasteiger partial charge < -0.3 is 5.73 Å². The first-order valence-corrected chi connectivity index (χ1v) is 6.56. The monoisotopic (exact) mass is 296 g/mol. The van der Waals surface area contributed by atoms with Crippen molar-refractivity contribution >= 4 is 35.0 Å². The summed E-state index contributed by atoms with van der Waals surface area (Å²) in [6, 6.07) is 6.55. The van der Waals surface area contributed by atoms with E-state index in [0.29, 0.717) is 10.6 Å². The molecule has 0 atom stereocenters. The van der Waals surface area contributed by atoms with Crippen LogP contribution in [0.25, 0.3) is 0 Å². The van der Waals surface area contributed by atoms with Gasteiger partial charge in [-0.3, -0.25) is 4.79 Å². The van der Waals surface area contributed by atoms with Crippen molar-refractivity contribution in [2.24, 2.45) is 0 Å². The van der Waals surface area contributed by atoms with Crippen molar-refractivity contribution in [3.8, 4) is 0 Å². The number of carbonyl (C=O) groups excluding carboxylic acids is 1. The van der Waals surface area contributed by atoms with Crippen LogP contribution >= 0.6 is 23.4 Å². The van der Waals surface area contributed by atoms with E-state index in [0.717, 1.165) is 11.8 Å². The topological polar surface area (TPSA) is 102 Å². The van der Waals surface area contributed by atoms with Crippen molar-refractivity contribution in [3.63, 3.8) is 0 Å². The van der Waals surface area contributed by atoms with E-state index in [4.69, 9.17) is 17.3 Å². The number of anilines is 1. The van der Waals surface area contributed by atoms with Crippen molar-refractivity contribution in [3.05, 3.63) is 45.3 Å². The Kier molecular flexibility index (Phi) is 4.18. The van der Waals surface area contributed by atoms with Crippen molar-refractivity contribution in [2.75, 3.05) is 11.5 Å². The molecular weight excluding hydrogens is 288 g/mol. The minimum atomic E-state index is -0.601. The van der Waals surface area contributed by atoms with Gasteiger partial charge in [-0.2, -0.15) is 10.1 Å². The Morgan fingerprint density at radius 1 is 1.37 bits per heavy atom. The molecule has 8 heteroatoms. The number of aromatic nitrogens is 3. The minimum Gasteiger partial charge on any atom is -0.380 e. The van der Waals surface area contributed by atoms with E-state index in [1.807, 2.05) is 0 Å². The van der Waals surface area contributed by atoms with Gasteiger partial charge in [-0.25, -0.2) is 9.89 Å².